The van der Waals surface area contributed by atoms with Gasteiger partial charge < -0.3 is 15.2 Å². The first-order chi connectivity index (χ1) is 8.33. The van der Waals surface area contributed by atoms with E-state index in [1.807, 2.05) is 6.07 Å². The Bertz CT molecular complexity index is 501. The SMILES string of the molecule is Nc1ccc(-c2nc(N3CCCC3)no2)cn1. The summed E-state index contributed by atoms with van der Waals surface area (Å²) >= 11 is 0. The maximum absolute atomic E-state index is 5.52. The molecule has 6 nitrogen and oxygen atoms in total. The Morgan fingerprint density at radius 1 is 1.24 bits per heavy atom. The molecule has 88 valence electrons. The molecule has 3 rings (SSSR count). The summed E-state index contributed by atoms with van der Waals surface area (Å²) in [5.41, 5.74) is 6.31. The summed E-state index contributed by atoms with van der Waals surface area (Å²) in [6.07, 6.45) is 4.01. The van der Waals surface area contributed by atoms with Crippen molar-refractivity contribution in [1.29, 1.82) is 0 Å². The van der Waals surface area contributed by atoms with Gasteiger partial charge in [-0.3, -0.25) is 0 Å². The van der Waals surface area contributed by atoms with E-state index in [1.54, 1.807) is 12.3 Å². The standard InChI is InChI=1S/C11H13N5O/c12-9-4-3-8(7-13-9)10-14-11(15-17-10)16-5-1-2-6-16/h3-4,7H,1-2,5-6H2,(H2,12,13). The van der Waals surface area contributed by atoms with Gasteiger partial charge in [0.1, 0.15) is 5.82 Å². The van der Waals surface area contributed by atoms with E-state index in [9.17, 15) is 0 Å². The fraction of sp³-hybridized carbons (Fsp3) is 0.364. The van der Waals surface area contributed by atoms with Crippen LogP contribution in [0.5, 0.6) is 0 Å². The van der Waals surface area contributed by atoms with E-state index >= 15 is 0 Å². The molecule has 1 fully saturated rings. The van der Waals surface area contributed by atoms with Crippen LogP contribution in [0.15, 0.2) is 22.9 Å². The molecule has 0 amide bonds. The zero-order valence-electron chi connectivity index (χ0n) is 9.33. The van der Waals surface area contributed by atoms with Crippen molar-refractivity contribution < 1.29 is 4.52 Å². The molecule has 0 aliphatic carbocycles. The first kappa shape index (κ1) is 10.1. The van der Waals surface area contributed by atoms with E-state index in [-0.39, 0.29) is 0 Å². The van der Waals surface area contributed by atoms with Crippen molar-refractivity contribution in [1.82, 2.24) is 15.1 Å². The number of hydrogen-bond acceptors (Lipinski definition) is 6. The van der Waals surface area contributed by atoms with Gasteiger partial charge in [0.2, 0.25) is 0 Å². The lowest BCUT2D eigenvalue weighted by Crippen LogP contribution is -2.18. The van der Waals surface area contributed by atoms with E-state index in [4.69, 9.17) is 10.3 Å². The number of nitrogens with zero attached hydrogens (tertiary/aromatic N) is 4. The van der Waals surface area contributed by atoms with Gasteiger partial charge in [-0.05, 0) is 30.1 Å². The van der Waals surface area contributed by atoms with Gasteiger partial charge in [0, 0.05) is 19.3 Å². The zero-order valence-corrected chi connectivity index (χ0v) is 9.33. The van der Waals surface area contributed by atoms with Gasteiger partial charge in [0.05, 0.1) is 5.56 Å². The van der Waals surface area contributed by atoms with Gasteiger partial charge in [-0.25, -0.2) is 4.98 Å². The van der Waals surface area contributed by atoms with E-state index in [1.165, 1.54) is 12.8 Å². The summed E-state index contributed by atoms with van der Waals surface area (Å²) in [6.45, 7) is 2.00. The average molecular weight is 231 g/mol. The lowest BCUT2D eigenvalue weighted by Gasteiger charge is -2.09. The van der Waals surface area contributed by atoms with Crippen molar-refractivity contribution in [3.8, 4) is 11.5 Å². The second kappa shape index (κ2) is 4.04. The molecule has 2 aromatic heterocycles. The highest BCUT2D eigenvalue weighted by Gasteiger charge is 2.18. The maximum atomic E-state index is 5.52. The number of nitrogens with two attached hydrogens (primary N) is 1. The Labute approximate surface area is 98.4 Å². The smallest absolute Gasteiger partial charge is 0.266 e. The maximum Gasteiger partial charge on any atom is 0.266 e. The van der Waals surface area contributed by atoms with Crippen LogP contribution >= 0.6 is 0 Å². The number of anilines is 2. The zero-order chi connectivity index (χ0) is 11.7. The molecule has 0 unspecified atom stereocenters. The topological polar surface area (TPSA) is 81.1 Å². The Morgan fingerprint density at radius 2 is 2.06 bits per heavy atom. The van der Waals surface area contributed by atoms with Gasteiger partial charge in [0.15, 0.2) is 0 Å². The second-order valence-corrected chi connectivity index (χ2v) is 4.07. The fourth-order valence-electron chi connectivity index (χ4n) is 1.91. The van der Waals surface area contributed by atoms with Crippen LogP contribution in [0, 0.1) is 0 Å². The molecule has 0 aromatic carbocycles. The average Bonchev–Trinajstić information content (AvgIpc) is 3.00. The molecule has 2 N–H and O–H groups in total. The largest absolute Gasteiger partial charge is 0.384 e. The minimum atomic E-state index is 0.480. The molecule has 17 heavy (non-hydrogen) atoms. The molecule has 1 aliphatic heterocycles. The van der Waals surface area contributed by atoms with Crippen LogP contribution < -0.4 is 10.6 Å². The first-order valence-corrected chi connectivity index (χ1v) is 5.63. The Balaban J connectivity index is 1.86. The van der Waals surface area contributed by atoms with Crippen LogP contribution in [-0.4, -0.2) is 28.2 Å². The van der Waals surface area contributed by atoms with Crippen molar-refractivity contribution in [2.75, 3.05) is 23.7 Å². The van der Waals surface area contributed by atoms with Crippen molar-refractivity contribution in [3.63, 3.8) is 0 Å². The van der Waals surface area contributed by atoms with Gasteiger partial charge in [-0.1, -0.05) is 0 Å². The number of pyridine rings is 1. The van der Waals surface area contributed by atoms with Crippen molar-refractivity contribution in [2.45, 2.75) is 12.8 Å². The highest BCUT2D eigenvalue weighted by molar-refractivity contribution is 5.54. The Morgan fingerprint density at radius 3 is 2.76 bits per heavy atom. The molecular formula is C11H13N5O. The third-order valence-electron chi connectivity index (χ3n) is 2.84. The molecule has 0 radical (unpaired) electrons. The summed E-state index contributed by atoms with van der Waals surface area (Å²) in [5.74, 6) is 1.63. The number of hydrogen-bond donors (Lipinski definition) is 1. The molecular weight excluding hydrogens is 218 g/mol. The highest BCUT2D eigenvalue weighted by atomic mass is 16.5. The predicted molar refractivity (Wildman–Crippen MR) is 63.4 cm³/mol. The lowest BCUT2D eigenvalue weighted by molar-refractivity contribution is 0.430. The summed E-state index contributed by atoms with van der Waals surface area (Å²) in [5, 5.41) is 3.98. The molecule has 0 saturated carbocycles. The summed E-state index contributed by atoms with van der Waals surface area (Å²) in [6, 6.07) is 3.54. The Kier molecular flexibility index (Phi) is 2.40. The number of nitrogen functional groups attached to an aromatic ring is 1. The van der Waals surface area contributed by atoms with Crippen LogP contribution in [0.3, 0.4) is 0 Å². The Hall–Kier alpha value is -2.11. The third-order valence-corrected chi connectivity index (χ3v) is 2.84. The highest BCUT2D eigenvalue weighted by Crippen LogP contribution is 2.22. The molecule has 1 aliphatic rings. The number of aromatic nitrogens is 3. The number of rotatable bonds is 2. The van der Waals surface area contributed by atoms with Crippen LogP contribution in [0.2, 0.25) is 0 Å². The van der Waals surface area contributed by atoms with Gasteiger partial charge in [0.25, 0.3) is 11.8 Å². The van der Waals surface area contributed by atoms with E-state index in [2.05, 4.69) is 20.0 Å². The van der Waals surface area contributed by atoms with Crippen molar-refractivity contribution >= 4 is 11.8 Å². The van der Waals surface area contributed by atoms with Crippen molar-refractivity contribution in [3.05, 3.63) is 18.3 Å². The van der Waals surface area contributed by atoms with Crippen LogP contribution in [0.4, 0.5) is 11.8 Å². The molecule has 1 saturated heterocycles. The van der Waals surface area contributed by atoms with E-state index in [0.29, 0.717) is 17.7 Å². The molecule has 6 heteroatoms. The van der Waals surface area contributed by atoms with E-state index in [0.717, 1.165) is 18.7 Å². The second-order valence-electron chi connectivity index (χ2n) is 4.07. The monoisotopic (exact) mass is 231 g/mol. The minimum Gasteiger partial charge on any atom is -0.384 e. The first-order valence-electron chi connectivity index (χ1n) is 5.63. The molecule has 3 heterocycles. The van der Waals surface area contributed by atoms with Crippen LogP contribution in [0.1, 0.15) is 12.8 Å². The normalized spacial score (nSPS) is 15.4. The lowest BCUT2D eigenvalue weighted by atomic mass is 10.3. The molecule has 2 aromatic rings. The van der Waals surface area contributed by atoms with Crippen molar-refractivity contribution in [2.24, 2.45) is 0 Å². The fourth-order valence-corrected chi connectivity index (χ4v) is 1.91. The third kappa shape index (κ3) is 1.93. The predicted octanol–water partition coefficient (Wildman–Crippen LogP) is 1.31. The van der Waals surface area contributed by atoms with E-state index < -0.39 is 0 Å². The van der Waals surface area contributed by atoms with Gasteiger partial charge in [-0.2, -0.15) is 4.98 Å². The quantitative estimate of drug-likeness (QED) is 0.839. The summed E-state index contributed by atoms with van der Waals surface area (Å²) in [4.78, 5) is 10.5. The van der Waals surface area contributed by atoms with Gasteiger partial charge >= 0.3 is 0 Å². The minimum absolute atomic E-state index is 0.480. The summed E-state index contributed by atoms with van der Waals surface area (Å²) in [7, 11) is 0. The van der Waals surface area contributed by atoms with Crippen LogP contribution in [0.25, 0.3) is 11.5 Å². The molecule has 0 spiro atoms. The molecule has 0 atom stereocenters. The van der Waals surface area contributed by atoms with Gasteiger partial charge in [-0.15, -0.1) is 0 Å². The summed E-state index contributed by atoms with van der Waals surface area (Å²) < 4.78 is 5.22. The van der Waals surface area contributed by atoms with Crippen LogP contribution in [-0.2, 0) is 0 Å². The molecule has 0 bridgehead atoms.